The molecule has 1 saturated heterocycles. The van der Waals surface area contributed by atoms with E-state index in [1.807, 2.05) is 6.07 Å². The van der Waals surface area contributed by atoms with E-state index in [9.17, 15) is 19.5 Å². The maximum Gasteiger partial charge on any atom is 0.307 e. The molecule has 2 aromatic rings. The highest BCUT2D eigenvalue weighted by Crippen LogP contribution is 2.36. The van der Waals surface area contributed by atoms with Gasteiger partial charge in [-0.2, -0.15) is 0 Å². The number of anilines is 1. The molecule has 0 aliphatic carbocycles. The van der Waals surface area contributed by atoms with Crippen LogP contribution < -0.4 is 10.4 Å². The molecule has 1 N–H and O–H groups in total. The molecule has 6 nitrogen and oxygen atoms in total. The van der Waals surface area contributed by atoms with E-state index in [4.69, 9.17) is 4.74 Å². The summed E-state index contributed by atoms with van der Waals surface area (Å²) in [5, 5.41) is 13.5. The summed E-state index contributed by atoms with van der Waals surface area (Å²) in [6, 6.07) is 14.8. The lowest BCUT2D eigenvalue weighted by Crippen LogP contribution is -2.26. The normalized spacial score (nSPS) is 19.6. The van der Waals surface area contributed by atoms with Gasteiger partial charge >= 0.3 is 5.97 Å². The average molecular weight is 324 g/mol. The molecule has 1 aliphatic rings. The SMILES string of the molecule is O=C1CC(C(=O)Nc2cccc(C(=O)[O-])c2)C(c2ccccc2)O1. The van der Waals surface area contributed by atoms with Gasteiger partial charge in [0.25, 0.3) is 0 Å². The Kier molecular flexibility index (Phi) is 4.29. The zero-order chi connectivity index (χ0) is 17.1. The fourth-order valence-corrected chi connectivity index (χ4v) is 2.69. The van der Waals surface area contributed by atoms with Crippen LogP contribution in [0.3, 0.4) is 0 Å². The molecule has 122 valence electrons. The van der Waals surface area contributed by atoms with Crippen LogP contribution in [0, 0.1) is 5.92 Å². The number of carbonyl (C=O) groups is 3. The zero-order valence-electron chi connectivity index (χ0n) is 12.6. The first-order chi connectivity index (χ1) is 11.5. The monoisotopic (exact) mass is 324 g/mol. The Morgan fingerprint density at radius 3 is 2.54 bits per heavy atom. The lowest BCUT2D eigenvalue weighted by Gasteiger charge is -2.18. The van der Waals surface area contributed by atoms with Gasteiger partial charge in [-0.3, -0.25) is 9.59 Å². The van der Waals surface area contributed by atoms with Crippen molar-refractivity contribution in [2.24, 2.45) is 5.92 Å². The molecule has 2 aromatic carbocycles. The highest BCUT2D eigenvalue weighted by Gasteiger charge is 2.40. The Morgan fingerprint density at radius 2 is 1.83 bits per heavy atom. The number of hydrogen-bond donors (Lipinski definition) is 1. The van der Waals surface area contributed by atoms with Crippen molar-refractivity contribution in [3.63, 3.8) is 0 Å². The number of carboxylic acid groups (broad SMARTS) is 1. The minimum atomic E-state index is -1.33. The molecule has 1 amide bonds. The van der Waals surface area contributed by atoms with Gasteiger partial charge in [0.2, 0.25) is 5.91 Å². The predicted molar refractivity (Wildman–Crippen MR) is 82.8 cm³/mol. The number of carbonyl (C=O) groups excluding carboxylic acids is 3. The van der Waals surface area contributed by atoms with Gasteiger partial charge in [0.05, 0.1) is 18.3 Å². The van der Waals surface area contributed by atoms with Crippen molar-refractivity contribution in [1.29, 1.82) is 0 Å². The Balaban J connectivity index is 1.79. The van der Waals surface area contributed by atoms with Gasteiger partial charge < -0.3 is 20.0 Å². The van der Waals surface area contributed by atoms with E-state index in [0.29, 0.717) is 5.69 Å². The molecule has 0 saturated carbocycles. The van der Waals surface area contributed by atoms with Crippen LogP contribution in [0.2, 0.25) is 0 Å². The highest BCUT2D eigenvalue weighted by molar-refractivity contribution is 5.97. The van der Waals surface area contributed by atoms with E-state index in [1.54, 1.807) is 30.3 Å². The van der Waals surface area contributed by atoms with E-state index in [-0.39, 0.29) is 12.0 Å². The molecule has 2 unspecified atom stereocenters. The van der Waals surface area contributed by atoms with Crippen molar-refractivity contribution < 1.29 is 24.2 Å². The minimum absolute atomic E-state index is 0.0223. The first-order valence-corrected chi connectivity index (χ1v) is 7.41. The molecule has 2 atom stereocenters. The van der Waals surface area contributed by atoms with Crippen molar-refractivity contribution >= 4 is 23.5 Å². The van der Waals surface area contributed by atoms with Crippen molar-refractivity contribution in [2.45, 2.75) is 12.5 Å². The maximum atomic E-state index is 12.5. The standard InChI is InChI=1S/C18H15NO5/c20-15-10-14(16(24-15)11-5-2-1-3-6-11)17(21)19-13-8-4-7-12(9-13)18(22)23/h1-9,14,16H,10H2,(H,19,21)(H,22,23)/p-1. The lowest BCUT2D eigenvalue weighted by atomic mass is 9.94. The van der Waals surface area contributed by atoms with Crippen LogP contribution in [0.25, 0.3) is 0 Å². The van der Waals surface area contributed by atoms with Crippen LogP contribution >= 0.6 is 0 Å². The molecule has 0 aromatic heterocycles. The third-order valence-corrected chi connectivity index (χ3v) is 3.84. The number of nitrogens with one attached hydrogen (secondary N) is 1. The van der Waals surface area contributed by atoms with E-state index >= 15 is 0 Å². The molecule has 24 heavy (non-hydrogen) atoms. The van der Waals surface area contributed by atoms with Crippen molar-refractivity contribution in [1.82, 2.24) is 0 Å². The van der Waals surface area contributed by atoms with Crippen LogP contribution in [0.1, 0.15) is 28.4 Å². The molecule has 1 aliphatic heterocycles. The van der Waals surface area contributed by atoms with Crippen LogP contribution in [0.15, 0.2) is 54.6 Å². The topological polar surface area (TPSA) is 95.5 Å². The van der Waals surface area contributed by atoms with Crippen LogP contribution in [-0.2, 0) is 14.3 Å². The Hall–Kier alpha value is -3.15. The summed E-state index contributed by atoms with van der Waals surface area (Å²) >= 11 is 0. The number of hydrogen-bond acceptors (Lipinski definition) is 5. The number of benzene rings is 2. The second-order valence-corrected chi connectivity index (χ2v) is 5.49. The maximum absolute atomic E-state index is 12.5. The summed E-state index contributed by atoms with van der Waals surface area (Å²) in [6.07, 6.45) is -0.672. The first-order valence-electron chi connectivity index (χ1n) is 7.41. The first kappa shape index (κ1) is 15.7. The molecule has 0 radical (unpaired) electrons. The van der Waals surface area contributed by atoms with E-state index in [0.717, 1.165) is 5.56 Å². The highest BCUT2D eigenvalue weighted by atomic mass is 16.6. The number of carboxylic acids is 1. The Morgan fingerprint density at radius 1 is 1.08 bits per heavy atom. The molecule has 3 rings (SSSR count). The second kappa shape index (κ2) is 6.54. The molecule has 6 heteroatoms. The summed E-state index contributed by atoms with van der Waals surface area (Å²) in [4.78, 5) is 35.1. The Labute approximate surface area is 138 Å². The summed E-state index contributed by atoms with van der Waals surface area (Å²) in [5.41, 5.74) is 1.03. The number of amides is 1. The summed E-state index contributed by atoms with van der Waals surface area (Å²) in [5.74, 6) is -2.84. The fraction of sp³-hybridized carbons (Fsp3) is 0.167. The van der Waals surface area contributed by atoms with Crippen LogP contribution in [-0.4, -0.2) is 17.8 Å². The fourth-order valence-electron chi connectivity index (χ4n) is 2.69. The molecular weight excluding hydrogens is 310 g/mol. The van der Waals surface area contributed by atoms with Crippen LogP contribution in [0.5, 0.6) is 0 Å². The molecule has 0 bridgehead atoms. The van der Waals surface area contributed by atoms with Crippen molar-refractivity contribution in [3.8, 4) is 0 Å². The average Bonchev–Trinajstić information content (AvgIpc) is 2.98. The van der Waals surface area contributed by atoms with Crippen molar-refractivity contribution in [3.05, 3.63) is 65.7 Å². The van der Waals surface area contributed by atoms with Gasteiger partial charge in [-0.15, -0.1) is 0 Å². The number of ether oxygens (including phenoxy) is 1. The van der Waals surface area contributed by atoms with E-state index < -0.39 is 29.9 Å². The molecular formula is C18H14NO5-. The quantitative estimate of drug-likeness (QED) is 0.855. The molecule has 0 spiro atoms. The Bertz CT molecular complexity index is 787. The van der Waals surface area contributed by atoms with Gasteiger partial charge in [0.1, 0.15) is 6.10 Å². The molecule has 1 heterocycles. The van der Waals surface area contributed by atoms with E-state index in [2.05, 4.69) is 5.32 Å². The number of rotatable bonds is 4. The number of cyclic esters (lactones) is 1. The second-order valence-electron chi connectivity index (χ2n) is 5.49. The minimum Gasteiger partial charge on any atom is -0.545 e. The summed E-state index contributed by atoms with van der Waals surface area (Å²) in [6.45, 7) is 0. The van der Waals surface area contributed by atoms with Gasteiger partial charge in [-0.05, 0) is 23.3 Å². The van der Waals surface area contributed by atoms with Gasteiger partial charge in [0, 0.05) is 5.69 Å². The summed E-state index contributed by atoms with van der Waals surface area (Å²) < 4.78 is 5.28. The molecule has 1 fully saturated rings. The third-order valence-electron chi connectivity index (χ3n) is 3.84. The van der Waals surface area contributed by atoms with Crippen molar-refractivity contribution in [2.75, 3.05) is 5.32 Å². The third kappa shape index (κ3) is 3.27. The lowest BCUT2D eigenvalue weighted by molar-refractivity contribution is -0.255. The number of aromatic carboxylic acids is 1. The van der Waals surface area contributed by atoms with Gasteiger partial charge in [0.15, 0.2) is 0 Å². The largest absolute Gasteiger partial charge is 0.545 e. The smallest absolute Gasteiger partial charge is 0.307 e. The van der Waals surface area contributed by atoms with Gasteiger partial charge in [-0.25, -0.2) is 0 Å². The van der Waals surface area contributed by atoms with E-state index in [1.165, 1.54) is 18.2 Å². The number of esters is 1. The van der Waals surface area contributed by atoms with Gasteiger partial charge in [-0.1, -0.05) is 42.5 Å². The zero-order valence-corrected chi connectivity index (χ0v) is 12.6. The predicted octanol–water partition coefficient (Wildman–Crippen LogP) is 1.29. The summed E-state index contributed by atoms with van der Waals surface area (Å²) in [7, 11) is 0. The van der Waals surface area contributed by atoms with Crippen LogP contribution in [0.4, 0.5) is 5.69 Å².